The maximum atomic E-state index is 14.1. The van der Waals surface area contributed by atoms with E-state index in [1.807, 2.05) is 48.5 Å². The fraction of sp³-hybridized carbons (Fsp3) is 0.302. The maximum absolute atomic E-state index is 14.1. The Hall–Kier alpha value is -7.30. The van der Waals surface area contributed by atoms with Crippen molar-refractivity contribution in [2.24, 2.45) is 5.73 Å². The van der Waals surface area contributed by atoms with Gasteiger partial charge in [0.2, 0.25) is 29.5 Å². The molecule has 0 radical (unpaired) electrons. The molecule has 0 saturated heterocycles. The molecule has 6 amide bonds. The number of nitrogens with zero attached hydrogens (tertiary/aromatic N) is 2. The van der Waals surface area contributed by atoms with E-state index in [0.717, 1.165) is 27.8 Å². The Kier molecular flexibility index (Phi) is 13.4. The second-order valence-corrected chi connectivity index (χ2v) is 15.1. The lowest BCUT2D eigenvalue weighted by Gasteiger charge is -2.30. The van der Waals surface area contributed by atoms with Crippen molar-refractivity contribution >= 4 is 35.6 Å². The summed E-state index contributed by atoms with van der Waals surface area (Å²) in [5.74, 6) is -3.81. The molecule has 0 unspecified atom stereocenters. The Morgan fingerprint density at radius 3 is 1.75 bits per heavy atom. The Labute approximate surface area is 346 Å². The fourth-order valence-electron chi connectivity index (χ4n) is 6.94. The van der Waals surface area contributed by atoms with E-state index >= 15 is 0 Å². The predicted molar refractivity (Wildman–Crippen MR) is 220 cm³/mol. The van der Waals surface area contributed by atoms with Crippen molar-refractivity contribution in [3.8, 4) is 11.1 Å². The lowest BCUT2D eigenvalue weighted by atomic mass is 9.98. The highest BCUT2D eigenvalue weighted by Gasteiger charge is 2.37. The number of rotatable bonds is 18. The molecule has 4 atom stereocenters. The molecular formula is C43H48N10O7. The van der Waals surface area contributed by atoms with Gasteiger partial charge in [-0.2, -0.15) is 0 Å². The zero-order valence-corrected chi connectivity index (χ0v) is 33.4. The molecule has 0 spiro atoms. The molecule has 2 aromatic heterocycles. The number of ether oxygens (including phenoxy) is 1. The van der Waals surface area contributed by atoms with Gasteiger partial charge in [-0.3, -0.25) is 24.0 Å². The number of nitrogens with one attached hydrogen (secondary N) is 7. The third-order valence-electron chi connectivity index (χ3n) is 10.2. The zero-order chi connectivity index (χ0) is 42.8. The molecular weight excluding hydrogens is 769 g/mol. The summed E-state index contributed by atoms with van der Waals surface area (Å²) in [6, 6.07) is 20.1. The summed E-state index contributed by atoms with van der Waals surface area (Å²) in [5, 5.41) is 13.3. The van der Waals surface area contributed by atoms with Crippen LogP contribution in [0, 0.1) is 0 Å². The first-order chi connectivity index (χ1) is 28.8. The third kappa shape index (κ3) is 10.6. The normalized spacial score (nSPS) is 14.0. The number of benzene rings is 3. The Morgan fingerprint density at radius 1 is 0.683 bits per heavy atom. The molecule has 2 heterocycles. The van der Waals surface area contributed by atoms with E-state index in [4.69, 9.17) is 10.5 Å². The smallest absolute Gasteiger partial charge is 0.407 e. The summed E-state index contributed by atoms with van der Waals surface area (Å²) < 4.78 is 5.74. The molecule has 9 N–H and O–H groups in total. The van der Waals surface area contributed by atoms with Crippen LogP contribution in [-0.2, 0) is 48.0 Å². The standard InChI is InChI=1S/C43H48N10O7/c1-25(37(44)54)49-38(55)34(17-26-11-5-4-6-12-26)51-41(58)43(2,3)53-40(57)36(19-28-21-46-24-48-28)50-39(56)35(18-27-20-45-23-47-27)52-42(59)60-22-33-31-15-9-7-13-29(31)30-14-8-10-16-32(30)33/h4-16,20-21,23-25,33-36H,17-19,22H2,1-3H3,(H2,44,54)(H,45,47)(H,46,48)(H,49,55)(H,50,56)(H,51,58)(H,52,59)(H,53,57)/t25-,34-,35-,36-/m0/s1. The van der Waals surface area contributed by atoms with Crippen molar-refractivity contribution in [1.82, 2.24) is 46.5 Å². The van der Waals surface area contributed by atoms with Crippen molar-refractivity contribution in [3.63, 3.8) is 0 Å². The topological polar surface area (TPSA) is 255 Å². The van der Waals surface area contributed by atoms with Gasteiger partial charge in [-0.1, -0.05) is 78.9 Å². The third-order valence-corrected chi connectivity index (χ3v) is 10.2. The number of hydrogen-bond donors (Lipinski definition) is 8. The number of carbonyl (C=O) groups excluding carboxylic acids is 6. The van der Waals surface area contributed by atoms with Crippen LogP contribution in [0.5, 0.6) is 0 Å². The molecule has 6 rings (SSSR count). The monoisotopic (exact) mass is 816 g/mol. The first-order valence-electron chi connectivity index (χ1n) is 19.4. The van der Waals surface area contributed by atoms with E-state index in [2.05, 4.69) is 46.5 Å². The van der Waals surface area contributed by atoms with Gasteiger partial charge in [0.15, 0.2) is 0 Å². The van der Waals surface area contributed by atoms with Crippen LogP contribution < -0.4 is 32.3 Å². The molecule has 0 aliphatic heterocycles. The van der Waals surface area contributed by atoms with Crippen molar-refractivity contribution in [1.29, 1.82) is 0 Å². The summed E-state index contributed by atoms with van der Waals surface area (Å²) in [6.07, 6.45) is 4.98. The number of hydrogen-bond acceptors (Lipinski definition) is 9. The molecule has 312 valence electrons. The minimum Gasteiger partial charge on any atom is -0.449 e. The SMILES string of the molecule is C[C@H](NC(=O)[C@H](Cc1ccccc1)NC(=O)C(C)(C)NC(=O)[C@H](Cc1cnc[nH]1)NC(=O)[C@H](Cc1cnc[nH]1)NC(=O)OCC1c2ccccc2-c2ccccc21)C(N)=O. The molecule has 17 nitrogen and oxygen atoms in total. The van der Waals surface area contributed by atoms with Crippen LogP contribution in [0.15, 0.2) is 104 Å². The summed E-state index contributed by atoms with van der Waals surface area (Å²) in [7, 11) is 0. The largest absolute Gasteiger partial charge is 0.449 e. The van der Waals surface area contributed by atoms with Gasteiger partial charge in [0.1, 0.15) is 36.3 Å². The van der Waals surface area contributed by atoms with Crippen LogP contribution in [-0.4, -0.2) is 91.9 Å². The van der Waals surface area contributed by atoms with Gasteiger partial charge in [-0.05, 0) is 48.6 Å². The Bertz CT molecular complexity index is 2250. The fourth-order valence-corrected chi connectivity index (χ4v) is 6.94. The van der Waals surface area contributed by atoms with Gasteiger partial charge in [-0.25, -0.2) is 14.8 Å². The average molecular weight is 817 g/mol. The van der Waals surface area contributed by atoms with Crippen molar-refractivity contribution in [2.75, 3.05) is 6.61 Å². The average Bonchev–Trinajstić information content (AvgIpc) is 4.01. The van der Waals surface area contributed by atoms with Crippen molar-refractivity contribution in [3.05, 3.63) is 132 Å². The van der Waals surface area contributed by atoms with E-state index in [1.165, 1.54) is 45.8 Å². The van der Waals surface area contributed by atoms with Gasteiger partial charge >= 0.3 is 6.09 Å². The summed E-state index contributed by atoms with van der Waals surface area (Å²) >= 11 is 0. The highest BCUT2D eigenvalue weighted by Crippen LogP contribution is 2.44. The molecule has 0 bridgehead atoms. The molecule has 0 saturated carbocycles. The second kappa shape index (κ2) is 19.0. The highest BCUT2D eigenvalue weighted by molar-refractivity contribution is 5.98. The Balaban J connectivity index is 1.15. The number of alkyl carbamates (subject to hydrolysis) is 1. The van der Waals surface area contributed by atoms with Crippen LogP contribution in [0.3, 0.4) is 0 Å². The van der Waals surface area contributed by atoms with Gasteiger partial charge in [-0.15, -0.1) is 0 Å². The number of fused-ring (bicyclic) bond motifs is 3. The quantitative estimate of drug-likeness (QED) is 0.0642. The molecule has 5 aromatic rings. The minimum atomic E-state index is -1.63. The van der Waals surface area contributed by atoms with E-state index in [9.17, 15) is 28.8 Å². The first-order valence-corrected chi connectivity index (χ1v) is 19.4. The molecule has 3 aromatic carbocycles. The molecule has 17 heteroatoms. The molecule has 1 aliphatic rings. The summed E-state index contributed by atoms with van der Waals surface area (Å²) in [5.41, 5.74) is 9.65. The van der Waals surface area contributed by atoms with Gasteiger partial charge in [0, 0.05) is 49.0 Å². The molecule has 1 aliphatic carbocycles. The van der Waals surface area contributed by atoms with E-state index in [1.54, 1.807) is 30.3 Å². The highest BCUT2D eigenvalue weighted by atomic mass is 16.5. The maximum Gasteiger partial charge on any atom is 0.407 e. The number of aromatic nitrogens is 4. The number of H-pyrrole nitrogens is 2. The van der Waals surface area contributed by atoms with E-state index in [0.29, 0.717) is 11.4 Å². The number of primary amides is 1. The Morgan fingerprint density at radius 2 is 1.20 bits per heavy atom. The summed E-state index contributed by atoms with van der Waals surface area (Å²) in [4.78, 5) is 94.3. The van der Waals surface area contributed by atoms with Crippen LogP contribution in [0.2, 0.25) is 0 Å². The minimum absolute atomic E-state index is 0.0122. The van der Waals surface area contributed by atoms with Crippen LogP contribution in [0.25, 0.3) is 11.1 Å². The van der Waals surface area contributed by atoms with Crippen LogP contribution >= 0.6 is 0 Å². The van der Waals surface area contributed by atoms with E-state index < -0.39 is 65.3 Å². The second-order valence-electron chi connectivity index (χ2n) is 15.1. The lowest BCUT2D eigenvalue weighted by Crippen LogP contribution is -2.63. The predicted octanol–water partition coefficient (Wildman–Crippen LogP) is 1.92. The van der Waals surface area contributed by atoms with Crippen molar-refractivity contribution < 1.29 is 33.5 Å². The number of carbonyl (C=O) groups is 6. The molecule has 0 fully saturated rings. The number of nitrogens with two attached hydrogens (primary N) is 1. The van der Waals surface area contributed by atoms with Crippen LogP contribution in [0.4, 0.5) is 4.79 Å². The van der Waals surface area contributed by atoms with Gasteiger partial charge < -0.3 is 47.0 Å². The number of imidazole rings is 2. The molecule has 60 heavy (non-hydrogen) atoms. The first kappa shape index (κ1) is 42.3. The summed E-state index contributed by atoms with van der Waals surface area (Å²) in [6.45, 7) is 4.32. The number of amides is 6. The number of aromatic amines is 2. The zero-order valence-electron chi connectivity index (χ0n) is 33.4. The van der Waals surface area contributed by atoms with Crippen LogP contribution in [0.1, 0.15) is 54.8 Å². The van der Waals surface area contributed by atoms with Gasteiger partial charge in [0.25, 0.3) is 0 Å². The lowest BCUT2D eigenvalue weighted by molar-refractivity contribution is -0.136. The van der Waals surface area contributed by atoms with Crippen molar-refractivity contribution in [2.45, 2.75) is 75.7 Å². The van der Waals surface area contributed by atoms with E-state index in [-0.39, 0.29) is 31.8 Å². The van der Waals surface area contributed by atoms with Gasteiger partial charge in [0.05, 0.1) is 12.7 Å².